The van der Waals surface area contributed by atoms with E-state index in [0.717, 1.165) is 12.4 Å². The van der Waals surface area contributed by atoms with Gasteiger partial charge < -0.3 is 10.4 Å². The average Bonchev–Trinajstić information content (AvgIpc) is 2.45. The Labute approximate surface area is 90.0 Å². The molecule has 1 unspecified atom stereocenters. The Hall–Kier alpha value is -0.750. The minimum absolute atomic E-state index is 0. The number of aliphatic hydroxyl groups is 1. The van der Waals surface area contributed by atoms with Crippen LogP contribution in [-0.2, 0) is 0 Å². The summed E-state index contributed by atoms with van der Waals surface area (Å²) in [6, 6.07) is 0. The van der Waals surface area contributed by atoms with Gasteiger partial charge in [0, 0.05) is 6.61 Å². The zero-order valence-corrected chi connectivity index (χ0v) is 8.92. The summed E-state index contributed by atoms with van der Waals surface area (Å²) in [5, 5.41) is 12.6. The molecule has 0 bridgehead atoms. The smallest absolute Gasteiger partial charge is 0.147 e. The van der Waals surface area contributed by atoms with Crippen molar-refractivity contribution in [3.05, 3.63) is 24.0 Å². The van der Waals surface area contributed by atoms with Gasteiger partial charge in [0.25, 0.3) is 0 Å². The maximum atomic E-state index is 7.57. The van der Waals surface area contributed by atoms with Crippen molar-refractivity contribution in [1.29, 1.82) is 0 Å². The molecule has 0 aromatic rings. The van der Waals surface area contributed by atoms with Crippen molar-refractivity contribution in [3.63, 3.8) is 0 Å². The number of hydrazine groups is 1. The van der Waals surface area contributed by atoms with E-state index < -0.39 is 0 Å². The summed E-state index contributed by atoms with van der Waals surface area (Å²) >= 11 is 0. The van der Waals surface area contributed by atoms with Gasteiger partial charge in [0.2, 0.25) is 0 Å². The van der Waals surface area contributed by atoms with Crippen molar-refractivity contribution in [2.24, 2.45) is 5.73 Å². The lowest BCUT2D eigenvalue weighted by atomic mass is 10.3. The Balaban J connectivity index is 0.000000381. The molecular formula is C8H17ClN4O. The molecule has 2 heterocycles. The van der Waals surface area contributed by atoms with Crippen LogP contribution in [0.3, 0.4) is 0 Å². The molecule has 0 saturated carbocycles. The fourth-order valence-corrected chi connectivity index (χ4v) is 1.12. The van der Waals surface area contributed by atoms with E-state index in [1.54, 1.807) is 6.92 Å². The van der Waals surface area contributed by atoms with E-state index >= 15 is 0 Å². The maximum Gasteiger partial charge on any atom is 0.147 e. The Morgan fingerprint density at radius 2 is 2.36 bits per heavy atom. The van der Waals surface area contributed by atoms with Crippen molar-refractivity contribution in [2.75, 3.05) is 13.2 Å². The molecule has 82 valence electrons. The molecule has 1 atom stereocenters. The molecule has 6 heteroatoms. The average molecular weight is 221 g/mol. The molecule has 5 N–H and O–H groups in total. The molecule has 0 amide bonds. The molecule has 2 aliphatic heterocycles. The summed E-state index contributed by atoms with van der Waals surface area (Å²) in [7, 11) is 0. The predicted octanol–water partition coefficient (Wildman–Crippen LogP) is -0.530. The van der Waals surface area contributed by atoms with Gasteiger partial charge in [-0.1, -0.05) is 12.2 Å². The molecule has 0 spiro atoms. The van der Waals surface area contributed by atoms with Crippen molar-refractivity contribution >= 4 is 12.4 Å². The fraction of sp³-hybridized carbons (Fsp3) is 0.500. The van der Waals surface area contributed by atoms with Crippen LogP contribution in [0.15, 0.2) is 24.0 Å². The topological polar surface area (TPSA) is 73.5 Å². The van der Waals surface area contributed by atoms with Gasteiger partial charge in [-0.05, 0) is 13.0 Å². The first kappa shape index (κ1) is 13.2. The van der Waals surface area contributed by atoms with E-state index in [4.69, 9.17) is 10.8 Å². The summed E-state index contributed by atoms with van der Waals surface area (Å²) in [5.41, 5.74) is 8.60. The minimum Gasteiger partial charge on any atom is -0.397 e. The second kappa shape index (κ2) is 6.67. The van der Waals surface area contributed by atoms with Gasteiger partial charge in [0.1, 0.15) is 12.1 Å². The highest BCUT2D eigenvalue weighted by atomic mass is 35.5. The SMILES string of the molecule is CCO.Cl.NC1NC2=CC=CCN2N1. The van der Waals surface area contributed by atoms with Crippen LogP contribution in [0, 0.1) is 0 Å². The number of rotatable bonds is 0. The molecule has 1 fully saturated rings. The third-order valence-corrected chi connectivity index (χ3v) is 1.57. The number of nitrogens with two attached hydrogens (primary N) is 1. The monoisotopic (exact) mass is 220 g/mol. The quantitative estimate of drug-likeness (QED) is 0.442. The maximum absolute atomic E-state index is 7.57. The number of nitrogens with zero attached hydrogens (tertiary/aromatic N) is 1. The first-order valence-electron chi connectivity index (χ1n) is 4.31. The zero-order valence-electron chi connectivity index (χ0n) is 8.10. The first-order chi connectivity index (χ1) is 6.27. The van der Waals surface area contributed by atoms with Gasteiger partial charge in [-0.3, -0.25) is 10.7 Å². The molecule has 5 nitrogen and oxygen atoms in total. The molecular weight excluding hydrogens is 204 g/mol. The van der Waals surface area contributed by atoms with Crippen LogP contribution in [-0.4, -0.2) is 29.6 Å². The lowest BCUT2D eigenvalue weighted by Crippen LogP contribution is -2.43. The van der Waals surface area contributed by atoms with Gasteiger partial charge in [-0.2, -0.15) is 5.43 Å². The van der Waals surface area contributed by atoms with Crippen molar-refractivity contribution in [3.8, 4) is 0 Å². The lowest BCUT2D eigenvalue weighted by molar-refractivity contribution is 0.297. The number of allylic oxidation sites excluding steroid dienone is 2. The van der Waals surface area contributed by atoms with E-state index in [1.165, 1.54) is 0 Å². The van der Waals surface area contributed by atoms with E-state index in [-0.39, 0.29) is 25.3 Å². The van der Waals surface area contributed by atoms with Gasteiger partial charge >= 0.3 is 0 Å². The number of aliphatic hydroxyl groups excluding tert-OH is 1. The van der Waals surface area contributed by atoms with E-state index in [2.05, 4.69) is 16.8 Å². The number of nitrogens with one attached hydrogen (secondary N) is 2. The van der Waals surface area contributed by atoms with Crippen molar-refractivity contribution in [2.45, 2.75) is 13.2 Å². The van der Waals surface area contributed by atoms with Gasteiger partial charge in [-0.15, -0.1) is 12.4 Å². The molecule has 0 radical (unpaired) electrons. The summed E-state index contributed by atoms with van der Waals surface area (Å²) in [4.78, 5) is 0. The molecule has 1 saturated heterocycles. The highest BCUT2D eigenvalue weighted by molar-refractivity contribution is 5.85. The Kier molecular flexibility index (Phi) is 6.31. The summed E-state index contributed by atoms with van der Waals surface area (Å²) < 4.78 is 0. The second-order valence-electron chi connectivity index (χ2n) is 2.66. The van der Waals surface area contributed by atoms with E-state index in [0.29, 0.717) is 0 Å². The van der Waals surface area contributed by atoms with Crippen LogP contribution >= 0.6 is 12.4 Å². The summed E-state index contributed by atoms with van der Waals surface area (Å²) in [6.07, 6.45) is 5.93. The lowest BCUT2D eigenvalue weighted by Gasteiger charge is -2.17. The number of halogens is 1. The molecule has 0 aromatic heterocycles. The van der Waals surface area contributed by atoms with Gasteiger partial charge in [-0.25, -0.2) is 0 Å². The molecule has 0 aromatic carbocycles. The third kappa shape index (κ3) is 3.55. The van der Waals surface area contributed by atoms with Crippen LogP contribution in [0.2, 0.25) is 0 Å². The Morgan fingerprint density at radius 3 is 2.93 bits per heavy atom. The Morgan fingerprint density at radius 1 is 1.71 bits per heavy atom. The first-order valence-corrected chi connectivity index (χ1v) is 4.31. The highest BCUT2D eigenvalue weighted by Gasteiger charge is 2.21. The minimum atomic E-state index is -0.133. The van der Waals surface area contributed by atoms with Crippen LogP contribution in [0.25, 0.3) is 0 Å². The highest BCUT2D eigenvalue weighted by Crippen LogP contribution is 2.08. The number of hydrogen-bond acceptors (Lipinski definition) is 5. The molecule has 2 rings (SSSR count). The predicted molar refractivity (Wildman–Crippen MR) is 58.2 cm³/mol. The van der Waals surface area contributed by atoms with Crippen LogP contribution < -0.4 is 16.5 Å². The van der Waals surface area contributed by atoms with Crippen LogP contribution in [0.5, 0.6) is 0 Å². The summed E-state index contributed by atoms with van der Waals surface area (Å²) in [5.74, 6) is 1.05. The second-order valence-corrected chi connectivity index (χ2v) is 2.66. The fourth-order valence-electron chi connectivity index (χ4n) is 1.12. The van der Waals surface area contributed by atoms with Crippen LogP contribution in [0.1, 0.15) is 6.92 Å². The zero-order chi connectivity index (χ0) is 9.68. The molecule has 14 heavy (non-hydrogen) atoms. The van der Waals surface area contributed by atoms with Crippen molar-refractivity contribution < 1.29 is 5.11 Å². The standard InChI is InChI=1S/C6H10N4.C2H6O.ClH/c7-6-8-5-3-1-2-4-10(5)9-6;1-2-3;/h1-3,6,8-9H,4,7H2;3H,2H2,1H3;1H. The Bertz CT molecular complexity index is 219. The van der Waals surface area contributed by atoms with Gasteiger partial charge in [0.05, 0.1) is 6.54 Å². The van der Waals surface area contributed by atoms with Gasteiger partial charge in [0.15, 0.2) is 0 Å². The van der Waals surface area contributed by atoms with Crippen LogP contribution in [0.4, 0.5) is 0 Å². The van der Waals surface area contributed by atoms with E-state index in [1.807, 2.05) is 17.2 Å². The third-order valence-electron chi connectivity index (χ3n) is 1.57. The van der Waals surface area contributed by atoms with Crippen molar-refractivity contribution in [1.82, 2.24) is 15.8 Å². The molecule has 2 aliphatic rings. The normalized spacial score (nSPS) is 22.4. The summed E-state index contributed by atoms with van der Waals surface area (Å²) in [6.45, 7) is 2.81. The number of fused-ring (bicyclic) bond motifs is 1. The number of hydrogen-bond donors (Lipinski definition) is 4. The van der Waals surface area contributed by atoms with E-state index in [9.17, 15) is 0 Å². The largest absolute Gasteiger partial charge is 0.397 e. The molecule has 0 aliphatic carbocycles.